The van der Waals surface area contributed by atoms with Crippen LogP contribution in [0.1, 0.15) is 40.7 Å². The Hall–Kier alpha value is -1.50. The Morgan fingerprint density at radius 2 is 1.61 bits per heavy atom. The maximum atomic E-state index is 13.7. The van der Waals surface area contributed by atoms with Crippen molar-refractivity contribution >= 4 is 75.2 Å². The van der Waals surface area contributed by atoms with Gasteiger partial charge in [0, 0.05) is 21.5 Å². The number of carbonyl (C=O) groups excluding carboxylic acids is 2. The molecule has 1 N–H and O–H groups in total. The molecule has 2 aromatic carbocycles. The SMILES string of the molecule is C[C@@H](CC(=O)c1ccc(/C=C/C(c2cc(Cl)c(Cl)c(Cl)c2)C(F)(F)F)cc1I)C(=O)NCC(F)(F)F. The summed E-state index contributed by atoms with van der Waals surface area (Å²) in [7, 11) is 0. The average molecular weight is 687 g/mol. The van der Waals surface area contributed by atoms with E-state index < -0.39 is 42.4 Å². The number of carbonyl (C=O) groups is 2. The van der Waals surface area contributed by atoms with Crippen molar-refractivity contribution < 1.29 is 35.9 Å². The van der Waals surface area contributed by atoms with E-state index in [0.717, 1.165) is 18.2 Å². The molecule has 0 bridgehead atoms. The maximum absolute atomic E-state index is 13.7. The predicted octanol–water partition coefficient (Wildman–Crippen LogP) is 8.50. The van der Waals surface area contributed by atoms with Crippen LogP contribution in [0.5, 0.6) is 0 Å². The van der Waals surface area contributed by atoms with Crippen LogP contribution in [0.3, 0.4) is 0 Å². The number of rotatable bonds is 8. The number of nitrogens with one attached hydrogen (secondary N) is 1. The zero-order valence-electron chi connectivity index (χ0n) is 18.2. The van der Waals surface area contributed by atoms with Crippen LogP contribution in [0.4, 0.5) is 26.3 Å². The van der Waals surface area contributed by atoms with E-state index in [9.17, 15) is 35.9 Å². The topological polar surface area (TPSA) is 46.2 Å². The van der Waals surface area contributed by atoms with Gasteiger partial charge in [-0.25, -0.2) is 0 Å². The normalized spacial score (nSPS) is 14.1. The van der Waals surface area contributed by atoms with Crippen molar-refractivity contribution in [2.24, 2.45) is 5.92 Å². The van der Waals surface area contributed by atoms with E-state index in [1.807, 2.05) is 22.6 Å². The fourth-order valence-electron chi connectivity index (χ4n) is 3.07. The van der Waals surface area contributed by atoms with Gasteiger partial charge in [-0.15, -0.1) is 0 Å². The van der Waals surface area contributed by atoms with Crippen molar-refractivity contribution in [3.05, 3.63) is 71.7 Å². The Morgan fingerprint density at radius 1 is 1.03 bits per heavy atom. The summed E-state index contributed by atoms with van der Waals surface area (Å²) in [5.41, 5.74) is 0.330. The summed E-state index contributed by atoms with van der Waals surface area (Å²) in [6.07, 6.45) is -7.45. The maximum Gasteiger partial charge on any atom is 0.405 e. The first-order valence-corrected chi connectivity index (χ1v) is 12.3. The Balaban J connectivity index is 2.19. The smallest absolute Gasteiger partial charge is 0.347 e. The van der Waals surface area contributed by atoms with Crippen LogP contribution in [0.25, 0.3) is 6.08 Å². The molecule has 0 aliphatic rings. The zero-order valence-corrected chi connectivity index (χ0v) is 22.6. The summed E-state index contributed by atoms with van der Waals surface area (Å²) in [4.78, 5) is 24.4. The zero-order chi connectivity index (χ0) is 27.4. The van der Waals surface area contributed by atoms with Gasteiger partial charge < -0.3 is 5.32 Å². The Labute approximate surface area is 231 Å². The highest BCUT2D eigenvalue weighted by Crippen LogP contribution is 2.41. The van der Waals surface area contributed by atoms with Gasteiger partial charge >= 0.3 is 12.4 Å². The van der Waals surface area contributed by atoms with E-state index in [2.05, 4.69) is 0 Å². The minimum atomic E-state index is -4.66. The molecule has 0 aromatic heterocycles. The molecule has 0 aliphatic heterocycles. The lowest BCUT2D eigenvalue weighted by molar-refractivity contribution is -0.140. The average Bonchev–Trinajstić information content (AvgIpc) is 2.74. The molecule has 0 saturated heterocycles. The van der Waals surface area contributed by atoms with Gasteiger partial charge in [-0.05, 0) is 58.0 Å². The number of halogens is 10. The van der Waals surface area contributed by atoms with Crippen molar-refractivity contribution in [1.82, 2.24) is 5.32 Å². The second-order valence-corrected chi connectivity index (χ2v) is 10.1. The fourth-order valence-corrected chi connectivity index (χ4v) is 4.53. The molecule has 36 heavy (non-hydrogen) atoms. The van der Waals surface area contributed by atoms with Gasteiger partial charge in [0.15, 0.2) is 5.78 Å². The van der Waals surface area contributed by atoms with E-state index in [-0.39, 0.29) is 32.6 Å². The van der Waals surface area contributed by atoms with Gasteiger partial charge in [-0.2, -0.15) is 26.3 Å². The highest BCUT2D eigenvalue weighted by Gasteiger charge is 2.39. The molecule has 0 fully saturated rings. The lowest BCUT2D eigenvalue weighted by Gasteiger charge is -2.18. The molecule has 2 rings (SSSR count). The summed E-state index contributed by atoms with van der Waals surface area (Å²) in [6.45, 7) is -0.184. The predicted molar refractivity (Wildman–Crippen MR) is 136 cm³/mol. The number of allylic oxidation sites excluding steroid dienone is 1. The van der Waals surface area contributed by atoms with Gasteiger partial charge in [0.1, 0.15) is 6.54 Å². The standard InChI is InChI=1S/C23H17Cl3F6INO2/c1-11(21(36)34-10-22(27,28)29)6-19(35)14-4-2-12(7-18(14)33)3-5-15(23(30,31)32)13-8-16(24)20(26)17(25)9-13/h2-5,7-9,11,15H,6,10H2,1H3,(H,34,36)/b5-3+/t11-,15?/m0/s1. The summed E-state index contributed by atoms with van der Waals surface area (Å²) in [5.74, 6) is -4.47. The lowest BCUT2D eigenvalue weighted by atomic mass is 9.96. The molecule has 1 amide bonds. The van der Waals surface area contributed by atoms with Crippen LogP contribution in [0.2, 0.25) is 15.1 Å². The van der Waals surface area contributed by atoms with E-state index >= 15 is 0 Å². The number of hydrogen-bond acceptors (Lipinski definition) is 2. The number of ketones is 1. The van der Waals surface area contributed by atoms with E-state index in [4.69, 9.17) is 34.8 Å². The third-order valence-electron chi connectivity index (χ3n) is 4.89. The first-order valence-electron chi connectivity index (χ1n) is 10.1. The van der Waals surface area contributed by atoms with Gasteiger partial charge in [0.2, 0.25) is 5.91 Å². The number of alkyl halides is 6. The third-order valence-corrected chi connectivity index (χ3v) is 6.98. The summed E-state index contributed by atoms with van der Waals surface area (Å²) in [5, 5.41) is 1.41. The van der Waals surface area contributed by atoms with Gasteiger partial charge in [0.25, 0.3) is 0 Å². The molecule has 0 saturated carbocycles. The molecule has 3 nitrogen and oxygen atoms in total. The van der Waals surface area contributed by atoms with E-state index in [1.54, 1.807) is 5.32 Å². The molecule has 2 aromatic rings. The molecule has 0 spiro atoms. The fraction of sp³-hybridized carbons (Fsp3) is 0.304. The lowest BCUT2D eigenvalue weighted by Crippen LogP contribution is -2.37. The first kappa shape index (κ1) is 30.7. The Kier molecular flexibility index (Phi) is 10.6. The van der Waals surface area contributed by atoms with Crippen LogP contribution in [0, 0.1) is 9.49 Å². The molecule has 0 radical (unpaired) electrons. The highest BCUT2D eigenvalue weighted by atomic mass is 127. The van der Waals surface area contributed by atoms with Crippen molar-refractivity contribution in [3.63, 3.8) is 0 Å². The van der Waals surface area contributed by atoms with Crippen molar-refractivity contribution in [3.8, 4) is 0 Å². The molecule has 196 valence electrons. The van der Waals surface area contributed by atoms with Crippen LogP contribution in [-0.2, 0) is 4.79 Å². The van der Waals surface area contributed by atoms with Crippen molar-refractivity contribution in [2.75, 3.05) is 6.54 Å². The number of hydrogen-bond donors (Lipinski definition) is 1. The van der Waals surface area contributed by atoms with Gasteiger partial charge in [0.05, 0.1) is 21.0 Å². The van der Waals surface area contributed by atoms with Gasteiger partial charge in [-0.1, -0.05) is 59.9 Å². The largest absolute Gasteiger partial charge is 0.405 e. The van der Waals surface area contributed by atoms with Crippen LogP contribution in [-0.4, -0.2) is 30.6 Å². The summed E-state index contributed by atoms with van der Waals surface area (Å²) in [6, 6.07) is 6.41. The van der Waals surface area contributed by atoms with Crippen LogP contribution >= 0.6 is 57.4 Å². The summed E-state index contributed by atoms with van der Waals surface area (Å²) >= 11 is 19.4. The van der Waals surface area contributed by atoms with Crippen LogP contribution < -0.4 is 5.32 Å². The molecule has 13 heteroatoms. The third kappa shape index (κ3) is 8.81. The number of benzene rings is 2. The molecule has 1 unspecified atom stereocenters. The Morgan fingerprint density at radius 3 is 2.11 bits per heavy atom. The summed E-state index contributed by atoms with van der Waals surface area (Å²) < 4.78 is 78.3. The first-order chi connectivity index (χ1) is 16.5. The van der Waals surface area contributed by atoms with E-state index in [1.165, 1.54) is 31.2 Å². The van der Waals surface area contributed by atoms with Crippen LogP contribution in [0.15, 0.2) is 36.4 Å². The highest BCUT2D eigenvalue weighted by molar-refractivity contribution is 14.1. The molecule has 2 atom stereocenters. The molecular weight excluding hydrogens is 670 g/mol. The monoisotopic (exact) mass is 685 g/mol. The van der Waals surface area contributed by atoms with Gasteiger partial charge in [-0.3, -0.25) is 9.59 Å². The number of amides is 1. The molecule has 0 aliphatic carbocycles. The van der Waals surface area contributed by atoms with E-state index in [0.29, 0.717) is 9.13 Å². The van der Waals surface area contributed by atoms with Crippen molar-refractivity contribution in [2.45, 2.75) is 31.6 Å². The molecule has 0 heterocycles. The second kappa shape index (κ2) is 12.4. The second-order valence-electron chi connectivity index (χ2n) is 7.78. The molecular formula is C23H17Cl3F6INO2. The minimum Gasteiger partial charge on any atom is -0.347 e. The minimum absolute atomic E-state index is 0.0612. The quantitative estimate of drug-likeness (QED) is 0.131. The number of Topliss-reactive ketones (excluding diaryl/α,β-unsaturated/α-hetero) is 1. The van der Waals surface area contributed by atoms with Crippen molar-refractivity contribution in [1.29, 1.82) is 0 Å². The Bertz CT molecular complexity index is 1140.